The average molecular weight is 347 g/mol. The molecule has 0 unspecified atom stereocenters. The molecule has 4 rings (SSSR count). The highest BCUT2D eigenvalue weighted by Gasteiger charge is 2.27. The third-order valence-corrected chi connectivity index (χ3v) is 5.20. The summed E-state index contributed by atoms with van der Waals surface area (Å²) in [5.74, 6) is -0.300. The predicted octanol–water partition coefficient (Wildman–Crippen LogP) is 5.80. The molecule has 0 spiro atoms. The fourth-order valence-corrected chi connectivity index (χ4v) is 4.07. The molecule has 0 bridgehead atoms. The number of benzene rings is 3. The minimum Gasteiger partial charge on any atom is -0.462 e. The van der Waals surface area contributed by atoms with E-state index in [0.717, 1.165) is 17.1 Å². The zero-order valence-corrected chi connectivity index (χ0v) is 14.6. The molecule has 0 N–H and O–H groups in total. The Morgan fingerprint density at radius 2 is 1.36 bits per heavy atom. The summed E-state index contributed by atoms with van der Waals surface area (Å²) in [5.41, 5.74) is 3.55. The fourth-order valence-electron chi connectivity index (χ4n) is 3.01. The molecule has 3 aromatic rings. The lowest BCUT2D eigenvalue weighted by atomic mass is 10.1. The van der Waals surface area contributed by atoms with Gasteiger partial charge in [-0.2, -0.15) is 0 Å². The quantitative estimate of drug-likeness (QED) is 0.438. The molecule has 1 aliphatic heterocycles. The molecule has 0 saturated heterocycles. The van der Waals surface area contributed by atoms with Gasteiger partial charge in [0.05, 0.1) is 29.2 Å². The maximum atomic E-state index is 12.5. The number of esters is 1. The van der Waals surface area contributed by atoms with E-state index < -0.39 is 0 Å². The molecule has 0 saturated carbocycles. The Balaban J connectivity index is 1.93. The van der Waals surface area contributed by atoms with Crippen LogP contribution in [0, 0.1) is 0 Å². The first-order valence-corrected chi connectivity index (χ1v) is 9.03. The lowest BCUT2D eigenvalue weighted by Gasteiger charge is -2.33. The number of hydrogen-bond donors (Lipinski definition) is 0. The van der Waals surface area contributed by atoms with E-state index in [9.17, 15) is 4.79 Å². The lowest BCUT2D eigenvalue weighted by Crippen LogP contribution is -2.18. The molecule has 3 aromatic carbocycles. The average Bonchev–Trinajstić information content (AvgIpc) is 2.66. The zero-order valence-electron chi connectivity index (χ0n) is 13.8. The van der Waals surface area contributed by atoms with Crippen molar-refractivity contribution in [1.82, 2.24) is 0 Å². The van der Waals surface area contributed by atoms with Gasteiger partial charge in [-0.3, -0.25) is 0 Å². The van der Waals surface area contributed by atoms with E-state index in [1.807, 2.05) is 55.5 Å². The van der Waals surface area contributed by atoms with Gasteiger partial charge in [0, 0.05) is 9.79 Å². The second kappa shape index (κ2) is 6.65. The number of nitrogens with zero attached hydrogens (tertiary/aromatic N) is 1. The van der Waals surface area contributed by atoms with Gasteiger partial charge >= 0.3 is 5.97 Å². The summed E-state index contributed by atoms with van der Waals surface area (Å²) >= 11 is 1.75. The van der Waals surface area contributed by atoms with Crippen molar-refractivity contribution in [3.05, 3.63) is 78.4 Å². The van der Waals surface area contributed by atoms with Gasteiger partial charge in [-0.05, 0) is 43.3 Å². The molecule has 0 aromatic heterocycles. The van der Waals surface area contributed by atoms with Gasteiger partial charge in [-0.1, -0.05) is 48.2 Å². The lowest BCUT2D eigenvalue weighted by molar-refractivity contribution is 0.0527. The molecule has 0 amide bonds. The van der Waals surface area contributed by atoms with Gasteiger partial charge in [0.15, 0.2) is 0 Å². The summed E-state index contributed by atoms with van der Waals surface area (Å²) in [5, 5.41) is 0. The Kier molecular flexibility index (Phi) is 4.20. The number of carbonyl (C=O) groups is 1. The standard InChI is InChI=1S/C21H17NO2S/c1-2-24-21(23)15-9-3-4-10-16(15)22-17-11-5-7-13-19(17)25-20-14-8-6-12-18(20)22/h3-14H,2H2,1H3. The Morgan fingerprint density at radius 3 is 1.96 bits per heavy atom. The number of para-hydroxylation sites is 3. The first-order chi connectivity index (χ1) is 12.3. The molecule has 0 atom stereocenters. The Bertz CT molecular complexity index is 893. The molecule has 1 heterocycles. The van der Waals surface area contributed by atoms with Gasteiger partial charge in [-0.25, -0.2) is 4.79 Å². The van der Waals surface area contributed by atoms with E-state index in [1.54, 1.807) is 11.8 Å². The number of carbonyl (C=O) groups excluding carboxylic acids is 1. The van der Waals surface area contributed by atoms with Crippen molar-refractivity contribution in [2.24, 2.45) is 0 Å². The Morgan fingerprint density at radius 1 is 0.840 bits per heavy atom. The van der Waals surface area contributed by atoms with Crippen molar-refractivity contribution in [2.75, 3.05) is 11.5 Å². The number of ether oxygens (including phenoxy) is 1. The van der Waals surface area contributed by atoms with Crippen molar-refractivity contribution in [3.8, 4) is 0 Å². The number of rotatable bonds is 3. The molecule has 3 nitrogen and oxygen atoms in total. The summed E-state index contributed by atoms with van der Waals surface area (Å²) in [6.45, 7) is 2.18. The second-order valence-corrected chi connectivity index (χ2v) is 6.69. The van der Waals surface area contributed by atoms with Crippen LogP contribution in [-0.2, 0) is 4.74 Å². The molecular formula is C21H17NO2S. The van der Waals surface area contributed by atoms with E-state index in [2.05, 4.69) is 29.2 Å². The van der Waals surface area contributed by atoms with E-state index in [1.165, 1.54) is 9.79 Å². The topological polar surface area (TPSA) is 29.5 Å². The third kappa shape index (κ3) is 2.79. The molecule has 1 aliphatic rings. The summed E-state index contributed by atoms with van der Waals surface area (Å²) in [4.78, 5) is 17.0. The second-order valence-electron chi connectivity index (χ2n) is 5.61. The van der Waals surface area contributed by atoms with Crippen LogP contribution in [0.2, 0.25) is 0 Å². The van der Waals surface area contributed by atoms with E-state index in [4.69, 9.17) is 4.74 Å². The van der Waals surface area contributed by atoms with E-state index in [0.29, 0.717) is 12.2 Å². The SMILES string of the molecule is CCOC(=O)c1ccccc1N1c2ccccc2Sc2ccccc21. The summed E-state index contributed by atoms with van der Waals surface area (Å²) in [7, 11) is 0. The first-order valence-electron chi connectivity index (χ1n) is 8.22. The molecule has 124 valence electrons. The van der Waals surface area contributed by atoms with Crippen LogP contribution in [0.3, 0.4) is 0 Å². The van der Waals surface area contributed by atoms with E-state index in [-0.39, 0.29) is 5.97 Å². The Hall–Kier alpha value is -2.72. The van der Waals surface area contributed by atoms with Gasteiger partial charge in [0.1, 0.15) is 0 Å². The van der Waals surface area contributed by atoms with Crippen LogP contribution < -0.4 is 4.90 Å². The van der Waals surface area contributed by atoms with Crippen LogP contribution in [0.15, 0.2) is 82.6 Å². The first kappa shape index (κ1) is 15.8. The molecule has 0 aliphatic carbocycles. The van der Waals surface area contributed by atoms with Crippen LogP contribution in [0.5, 0.6) is 0 Å². The number of anilines is 3. The van der Waals surface area contributed by atoms with Gasteiger partial charge in [0.2, 0.25) is 0 Å². The van der Waals surface area contributed by atoms with Crippen molar-refractivity contribution in [2.45, 2.75) is 16.7 Å². The van der Waals surface area contributed by atoms with Crippen molar-refractivity contribution in [3.63, 3.8) is 0 Å². The van der Waals surface area contributed by atoms with Crippen LogP contribution in [0.1, 0.15) is 17.3 Å². The molecule has 0 fully saturated rings. The number of fused-ring (bicyclic) bond motifs is 2. The number of hydrogen-bond acceptors (Lipinski definition) is 4. The minimum absolute atomic E-state index is 0.300. The normalized spacial score (nSPS) is 12.3. The Labute approximate surface area is 151 Å². The summed E-state index contributed by atoms with van der Waals surface area (Å²) < 4.78 is 5.26. The molecule has 4 heteroatoms. The van der Waals surface area contributed by atoms with Gasteiger partial charge in [-0.15, -0.1) is 0 Å². The monoisotopic (exact) mass is 347 g/mol. The predicted molar refractivity (Wildman–Crippen MR) is 101 cm³/mol. The van der Waals surface area contributed by atoms with E-state index >= 15 is 0 Å². The van der Waals surface area contributed by atoms with Gasteiger partial charge in [0.25, 0.3) is 0 Å². The van der Waals surface area contributed by atoms with Crippen LogP contribution in [0.4, 0.5) is 17.1 Å². The fraction of sp³-hybridized carbons (Fsp3) is 0.0952. The van der Waals surface area contributed by atoms with Crippen molar-refractivity contribution in [1.29, 1.82) is 0 Å². The molecule has 25 heavy (non-hydrogen) atoms. The minimum atomic E-state index is -0.300. The molecule has 0 radical (unpaired) electrons. The third-order valence-electron chi connectivity index (χ3n) is 4.07. The highest BCUT2D eigenvalue weighted by Crippen LogP contribution is 2.51. The molecular weight excluding hydrogens is 330 g/mol. The maximum absolute atomic E-state index is 12.5. The zero-order chi connectivity index (χ0) is 17.2. The largest absolute Gasteiger partial charge is 0.462 e. The van der Waals surface area contributed by atoms with Crippen LogP contribution >= 0.6 is 11.8 Å². The highest BCUT2D eigenvalue weighted by atomic mass is 32.2. The maximum Gasteiger partial charge on any atom is 0.340 e. The van der Waals surface area contributed by atoms with Crippen molar-refractivity contribution < 1.29 is 9.53 Å². The summed E-state index contributed by atoms with van der Waals surface area (Å²) in [6, 6.07) is 24.1. The van der Waals surface area contributed by atoms with Gasteiger partial charge < -0.3 is 9.64 Å². The van der Waals surface area contributed by atoms with Crippen LogP contribution in [0.25, 0.3) is 0 Å². The van der Waals surface area contributed by atoms with Crippen LogP contribution in [-0.4, -0.2) is 12.6 Å². The summed E-state index contributed by atoms with van der Waals surface area (Å²) in [6.07, 6.45) is 0. The van der Waals surface area contributed by atoms with Crippen molar-refractivity contribution >= 4 is 34.8 Å². The highest BCUT2D eigenvalue weighted by molar-refractivity contribution is 7.99. The smallest absolute Gasteiger partial charge is 0.340 e.